The predicted molar refractivity (Wildman–Crippen MR) is 190 cm³/mol. The van der Waals surface area contributed by atoms with E-state index >= 15 is 0 Å². The molecule has 2 aliphatic heterocycles. The number of ether oxygens (including phenoxy) is 2. The highest BCUT2D eigenvalue weighted by Crippen LogP contribution is 2.40. The molecule has 1 fully saturated rings. The van der Waals surface area contributed by atoms with Crippen molar-refractivity contribution < 1.29 is 27.5 Å². The zero-order chi connectivity index (χ0) is 35.6. The number of benzene rings is 3. The third-order valence-electron chi connectivity index (χ3n) is 9.82. The molecule has 2 amide bonds. The number of hydrogen-bond acceptors (Lipinski definition) is 9. The van der Waals surface area contributed by atoms with Crippen LogP contribution in [0.25, 0.3) is 0 Å². The van der Waals surface area contributed by atoms with Gasteiger partial charge >= 0.3 is 0 Å². The van der Waals surface area contributed by atoms with Crippen LogP contribution in [0.5, 0.6) is 11.5 Å². The van der Waals surface area contributed by atoms with Gasteiger partial charge in [-0.2, -0.15) is 0 Å². The van der Waals surface area contributed by atoms with Crippen LogP contribution < -0.4 is 19.1 Å². The fourth-order valence-electron chi connectivity index (χ4n) is 6.86. The van der Waals surface area contributed by atoms with Crippen LogP contribution >= 0.6 is 0 Å². The number of fused-ring (bicyclic) bond motifs is 1. The van der Waals surface area contributed by atoms with E-state index in [1.54, 1.807) is 36.7 Å². The highest BCUT2D eigenvalue weighted by atomic mass is 32.2. The van der Waals surface area contributed by atoms with Gasteiger partial charge in [0.15, 0.2) is 16.5 Å². The lowest BCUT2D eigenvalue weighted by atomic mass is 9.99. The molecule has 1 aromatic heterocycles. The fourth-order valence-corrected chi connectivity index (χ4v) is 7.97. The number of imide groups is 1. The lowest BCUT2D eigenvalue weighted by Gasteiger charge is -2.39. The molecule has 0 radical (unpaired) electrons. The first-order valence-corrected chi connectivity index (χ1v) is 18.3. The zero-order valence-corrected chi connectivity index (χ0v) is 29.9. The predicted octanol–water partition coefficient (Wildman–Crippen LogP) is 4.72. The Kier molecular flexibility index (Phi) is 10.3. The van der Waals surface area contributed by atoms with Gasteiger partial charge in [-0.3, -0.25) is 19.4 Å². The molecule has 3 aromatic carbocycles. The van der Waals surface area contributed by atoms with Gasteiger partial charge in [0.1, 0.15) is 5.82 Å². The van der Waals surface area contributed by atoms with E-state index in [1.807, 2.05) is 24.3 Å². The largest absolute Gasteiger partial charge is 0.493 e. The van der Waals surface area contributed by atoms with E-state index in [-0.39, 0.29) is 29.4 Å². The quantitative estimate of drug-likeness (QED) is 0.156. The molecule has 12 nitrogen and oxygen atoms in total. The van der Waals surface area contributed by atoms with E-state index < -0.39 is 16.1 Å². The van der Waals surface area contributed by atoms with Crippen molar-refractivity contribution in [3.8, 4) is 11.5 Å². The van der Waals surface area contributed by atoms with E-state index in [0.29, 0.717) is 59.9 Å². The fraction of sp³-hybridized carbons (Fsp3) is 0.378. The number of methoxy groups -OCH3 is 2. The second kappa shape index (κ2) is 14.6. The van der Waals surface area contributed by atoms with Crippen molar-refractivity contribution in [1.82, 2.24) is 24.1 Å². The molecule has 1 unspecified atom stereocenters. The molecule has 0 aliphatic carbocycles. The third-order valence-corrected chi connectivity index (χ3v) is 11.2. The van der Waals surface area contributed by atoms with Crippen LogP contribution in [-0.4, -0.2) is 86.5 Å². The van der Waals surface area contributed by atoms with E-state index in [2.05, 4.69) is 50.7 Å². The molecule has 0 bridgehead atoms. The van der Waals surface area contributed by atoms with Crippen molar-refractivity contribution in [3.05, 3.63) is 101 Å². The first-order valence-electron chi connectivity index (χ1n) is 16.8. The summed E-state index contributed by atoms with van der Waals surface area (Å²) in [4.78, 5) is 38.7. The first-order chi connectivity index (χ1) is 24.0. The summed E-state index contributed by atoms with van der Waals surface area (Å²) in [7, 11) is 0.951. The second-order valence-corrected chi connectivity index (χ2v) is 14.4. The number of anilines is 1. The van der Waals surface area contributed by atoms with Gasteiger partial charge in [-0.25, -0.2) is 18.1 Å². The summed E-state index contributed by atoms with van der Waals surface area (Å²) in [5, 5.41) is -0.0582. The molecule has 1 N–H and O–H groups in total. The van der Waals surface area contributed by atoms with Crippen LogP contribution in [-0.2, 0) is 17.1 Å². The lowest BCUT2D eigenvalue weighted by Crippen LogP contribution is -2.47. The second-order valence-electron chi connectivity index (χ2n) is 12.7. The van der Waals surface area contributed by atoms with E-state index in [4.69, 9.17) is 9.47 Å². The Morgan fingerprint density at radius 2 is 1.60 bits per heavy atom. The highest BCUT2D eigenvalue weighted by molar-refractivity contribution is 7.89. The van der Waals surface area contributed by atoms with Crippen LogP contribution in [0.1, 0.15) is 69.5 Å². The van der Waals surface area contributed by atoms with Crippen molar-refractivity contribution in [2.45, 2.75) is 43.8 Å². The maximum Gasteiger partial charge on any atom is 0.264 e. The van der Waals surface area contributed by atoms with Crippen molar-refractivity contribution >= 4 is 27.5 Å². The van der Waals surface area contributed by atoms with Gasteiger partial charge in [0, 0.05) is 52.0 Å². The number of carbonyl (C=O) groups excluding carboxylic acids is 2. The molecule has 0 spiro atoms. The molecule has 0 saturated carbocycles. The van der Waals surface area contributed by atoms with Crippen molar-refractivity contribution in [1.29, 1.82) is 0 Å². The van der Waals surface area contributed by atoms with Crippen LogP contribution in [0.3, 0.4) is 0 Å². The first kappa shape index (κ1) is 35.1. The number of aromatic nitrogens is 2. The summed E-state index contributed by atoms with van der Waals surface area (Å²) in [6, 6.07) is 20.8. The monoisotopic (exact) mass is 700 g/mol. The van der Waals surface area contributed by atoms with Crippen molar-refractivity contribution in [3.63, 3.8) is 0 Å². The van der Waals surface area contributed by atoms with Gasteiger partial charge < -0.3 is 18.9 Å². The molecule has 13 heteroatoms. The normalized spacial score (nSPS) is 16.4. The Balaban J connectivity index is 1.23. The van der Waals surface area contributed by atoms with E-state index in [1.165, 1.54) is 30.9 Å². The molecule has 3 heterocycles. The molecule has 2 aliphatic rings. The summed E-state index contributed by atoms with van der Waals surface area (Å²) in [6.07, 6.45) is 2.10. The molecular weight excluding hydrogens is 657 g/mol. The zero-order valence-electron chi connectivity index (χ0n) is 29.1. The number of nitrogens with zero attached hydrogens (tertiary/aromatic N) is 5. The van der Waals surface area contributed by atoms with Gasteiger partial charge in [0.25, 0.3) is 21.8 Å². The van der Waals surface area contributed by atoms with Crippen LogP contribution in [0, 0.1) is 6.92 Å². The summed E-state index contributed by atoms with van der Waals surface area (Å²) >= 11 is 0. The van der Waals surface area contributed by atoms with Gasteiger partial charge in [0.2, 0.25) is 0 Å². The number of imidazole rings is 1. The smallest absolute Gasteiger partial charge is 0.264 e. The minimum Gasteiger partial charge on any atom is -0.493 e. The number of aryl methyl sites for hydroxylation is 2. The van der Waals surface area contributed by atoms with Crippen LogP contribution in [0.15, 0.2) is 78.0 Å². The summed E-state index contributed by atoms with van der Waals surface area (Å²) < 4.78 is 41.2. The SMILES string of the molecule is COc1ccc(C(CCCNS(=O)(=O)c2cn(C)c(C)n2)N2C(=O)c3cccc(N4CCN([C@H](C)c5ccccc5)CC4)c3C2=O)cc1OC. The number of sulfonamides is 1. The molecule has 264 valence electrons. The average molecular weight is 701 g/mol. The number of carbonyl (C=O) groups is 2. The Labute approximate surface area is 293 Å². The molecule has 50 heavy (non-hydrogen) atoms. The number of rotatable bonds is 13. The minimum absolute atomic E-state index is 0.0582. The number of amides is 2. The molecule has 4 aromatic rings. The highest BCUT2D eigenvalue weighted by Gasteiger charge is 2.43. The van der Waals surface area contributed by atoms with E-state index in [9.17, 15) is 18.0 Å². The van der Waals surface area contributed by atoms with Gasteiger partial charge in [-0.15, -0.1) is 0 Å². The number of piperazine rings is 1. The molecule has 2 atom stereocenters. The molecular formula is C37H44N6O6S. The summed E-state index contributed by atoms with van der Waals surface area (Å²) in [5.74, 6) is 0.796. The Morgan fingerprint density at radius 1 is 0.880 bits per heavy atom. The van der Waals surface area contributed by atoms with Crippen molar-refractivity contribution in [2.75, 3.05) is 51.8 Å². The molecule has 6 rings (SSSR count). The number of nitrogens with one attached hydrogen (secondary N) is 1. The Hall–Kier alpha value is -4.72. The summed E-state index contributed by atoms with van der Waals surface area (Å²) in [6.45, 7) is 7.08. The van der Waals surface area contributed by atoms with Crippen molar-refractivity contribution in [2.24, 2.45) is 7.05 Å². The topological polar surface area (TPSA) is 126 Å². The van der Waals surface area contributed by atoms with Crippen LogP contribution in [0.2, 0.25) is 0 Å². The third kappa shape index (κ3) is 6.85. The Morgan fingerprint density at radius 3 is 2.26 bits per heavy atom. The van der Waals surface area contributed by atoms with E-state index in [0.717, 1.165) is 18.8 Å². The summed E-state index contributed by atoms with van der Waals surface area (Å²) in [5.41, 5.74) is 3.45. The molecule has 1 saturated heterocycles. The van der Waals surface area contributed by atoms with Gasteiger partial charge in [-0.1, -0.05) is 42.5 Å². The van der Waals surface area contributed by atoms with Gasteiger partial charge in [0.05, 0.1) is 37.1 Å². The maximum atomic E-state index is 14.4. The van der Waals surface area contributed by atoms with Crippen LogP contribution in [0.4, 0.5) is 5.69 Å². The van der Waals surface area contributed by atoms with Gasteiger partial charge in [-0.05, 0) is 62.1 Å². The standard InChI is InChI=1S/C37H44N6O6S/c1-25(27-11-7-6-8-12-27)41-19-21-42(22-20-41)31-14-9-13-29-35(31)37(45)43(36(29)44)30(28-16-17-32(48-4)33(23-28)49-5)15-10-18-38-50(46,47)34-24-40(3)26(2)39-34/h6-9,11-14,16-17,23-25,30,38H,10,15,18-22H2,1-5H3/t25-,30?/m1/s1. The lowest BCUT2D eigenvalue weighted by molar-refractivity contribution is 0.0572. The minimum atomic E-state index is -3.85. The average Bonchev–Trinajstić information content (AvgIpc) is 3.62. The maximum absolute atomic E-state index is 14.4. The number of hydrogen-bond donors (Lipinski definition) is 1. The Bertz CT molecular complexity index is 1950.